The fraction of sp³-hybridized carbons (Fsp3) is 0.0345. The quantitative estimate of drug-likeness (QED) is 0.198. The van der Waals surface area contributed by atoms with E-state index in [2.05, 4.69) is 10.6 Å². The molecule has 0 aliphatic heterocycles. The lowest BCUT2D eigenvalue weighted by Gasteiger charge is -2.15. The Morgan fingerprint density at radius 1 is 0.763 bits per heavy atom. The second kappa shape index (κ2) is 11.7. The molecule has 0 saturated carbocycles. The Hall–Kier alpha value is -4.56. The molecule has 4 aromatic rings. The number of benzene rings is 4. The van der Waals surface area contributed by atoms with Gasteiger partial charge < -0.3 is 15.4 Å². The largest absolute Gasteiger partial charge is 0.455 e. The van der Waals surface area contributed by atoms with Crippen molar-refractivity contribution in [2.45, 2.75) is 6.18 Å². The maximum absolute atomic E-state index is 13.1. The molecule has 0 radical (unpaired) electrons. The van der Waals surface area contributed by atoms with E-state index in [-0.39, 0.29) is 11.3 Å². The van der Waals surface area contributed by atoms with Crippen LogP contribution in [-0.2, 0) is 0 Å². The van der Waals surface area contributed by atoms with Crippen LogP contribution < -0.4 is 15.4 Å². The fourth-order valence-corrected chi connectivity index (χ4v) is 3.58. The summed E-state index contributed by atoms with van der Waals surface area (Å²) in [6.45, 7) is 0. The van der Waals surface area contributed by atoms with E-state index in [1.807, 2.05) is 18.2 Å². The number of hydrogen-bond acceptors (Lipinski definition) is 4. The molecule has 0 fully saturated rings. The molecule has 4 aromatic carbocycles. The average Bonchev–Trinajstić information content (AvgIpc) is 2.90. The van der Waals surface area contributed by atoms with Crippen molar-refractivity contribution < 1.29 is 22.7 Å². The molecule has 5 nitrogen and oxygen atoms in total. The zero-order chi connectivity index (χ0) is 27.1. The van der Waals surface area contributed by atoms with Crippen molar-refractivity contribution in [2.24, 2.45) is 0 Å². The van der Waals surface area contributed by atoms with E-state index < -0.39 is 17.8 Å². The SMILES string of the molecule is N=C(/C=C(\Nc1ccccc1Cl)c1ccc(C(=O)Nc2ccccc2Oc2ccccc2)cc1)C(F)(F)F. The van der Waals surface area contributed by atoms with Crippen LogP contribution in [0.1, 0.15) is 15.9 Å². The lowest BCUT2D eigenvalue weighted by molar-refractivity contribution is -0.0583. The fourth-order valence-electron chi connectivity index (χ4n) is 3.40. The molecule has 0 bridgehead atoms. The highest BCUT2D eigenvalue weighted by atomic mass is 35.5. The van der Waals surface area contributed by atoms with Crippen molar-refractivity contribution in [3.05, 3.63) is 125 Å². The maximum Gasteiger partial charge on any atom is 0.432 e. The van der Waals surface area contributed by atoms with Gasteiger partial charge in [-0.15, -0.1) is 0 Å². The van der Waals surface area contributed by atoms with Crippen LogP contribution in [0.15, 0.2) is 109 Å². The molecule has 0 aliphatic rings. The predicted octanol–water partition coefficient (Wildman–Crippen LogP) is 8.42. The molecule has 38 heavy (non-hydrogen) atoms. The van der Waals surface area contributed by atoms with Crippen LogP contribution in [-0.4, -0.2) is 17.8 Å². The minimum absolute atomic E-state index is 0.00556. The van der Waals surface area contributed by atoms with Crippen LogP contribution in [0.25, 0.3) is 5.70 Å². The van der Waals surface area contributed by atoms with Crippen molar-refractivity contribution in [3.63, 3.8) is 0 Å². The smallest absolute Gasteiger partial charge is 0.432 e. The summed E-state index contributed by atoms with van der Waals surface area (Å²) in [6.07, 6.45) is -4.15. The summed E-state index contributed by atoms with van der Waals surface area (Å²) in [4.78, 5) is 12.9. The van der Waals surface area contributed by atoms with Gasteiger partial charge in [-0.25, -0.2) is 0 Å². The number of nitrogens with one attached hydrogen (secondary N) is 3. The third-order valence-electron chi connectivity index (χ3n) is 5.30. The van der Waals surface area contributed by atoms with Crippen molar-refractivity contribution in [1.29, 1.82) is 5.41 Å². The third-order valence-corrected chi connectivity index (χ3v) is 5.63. The molecule has 0 atom stereocenters. The summed E-state index contributed by atoms with van der Waals surface area (Å²) in [5.41, 5.74) is -0.135. The highest BCUT2D eigenvalue weighted by Crippen LogP contribution is 2.30. The molecule has 192 valence electrons. The zero-order valence-corrected chi connectivity index (χ0v) is 20.5. The first-order chi connectivity index (χ1) is 18.2. The number of hydrogen-bond donors (Lipinski definition) is 3. The van der Waals surface area contributed by atoms with Gasteiger partial charge in [0.15, 0.2) is 5.75 Å². The monoisotopic (exact) mass is 535 g/mol. The average molecular weight is 536 g/mol. The van der Waals surface area contributed by atoms with Crippen molar-refractivity contribution in [2.75, 3.05) is 10.6 Å². The first-order valence-corrected chi connectivity index (χ1v) is 11.7. The van der Waals surface area contributed by atoms with Crippen LogP contribution in [0.3, 0.4) is 0 Å². The van der Waals surface area contributed by atoms with Crippen LogP contribution in [0, 0.1) is 5.41 Å². The minimum atomic E-state index is -4.83. The number of anilines is 2. The molecule has 0 aromatic heterocycles. The van der Waals surface area contributed by atoms with Gasteiger partial charge in [0.1, 0.15) is 11.5 Å². The van der Waals surface area contributed by atoms with Gasteiger partial charge in [-0.3, -0.25) is 10.2 Å². The van der Waals surface area contributed by atoms with Gasteiger partial charge in [-0.2, -0.15) is 13.2 Å². The summed E-state index contributed by atoms with van der Waals surface area (Å²) < 4.78 is 45.2. The Kier molecular flexibility index (Phi) is 8.13. The van der Waals surface area contributed by atoms with Gasteiger partial charge in [0.2, 0.25) is 0 Å². The lowest BCUT2D eigenvalue weighted by atomic mass is 10.1. The van der Waals surface area contributed by atoms with Crippen LogP contribution in [0.2, 0.25) is 5.02 Å². The second-order valence-electron chi connectivity index (χ2n) is 8.02. The highest BCUT2D eigenvalue weighted by molar-refractivity contribution is 6.33. The molecule has 0 saturated heterocycles. The first kappa shape index (κ1) is 26.5. The van der Waals surface area contributed by atoms with Gasteiger partial charge in [0, 0.05) is 11.3 Å². The Labute approximate surface area is 222 Å². The number of alkyl halides is 3. The molecule has 0 unspecified atom stereocenters. The highest BCUT2D eigenvalue weighted by Gasteiger charge is 2.33. The topological polar surface area (TPSA) is 74.2 Å². The van der Waals surface area contributed by atoms with E-state index in [0.717, 1.165) is 0 Å². The molecular weight excluding hydrogens is 515 g/mol. The summed E-state index contributed by atoms with van der Waals surface area (Å²) in [7, 11) is 0. The van der Waals surface area contributed by atoms with Crippen molar-refractivity contribution >= 4 is 40.3 Å². The predicted molar refractivity (Wildman–Crippen MR) is 144 cm³/mol. The molecule has 3 N–H and O–H groups in total. The zero-order valence-electron chi connectivity index (χ0n) is 19.7. The van der Waals surface area contributed by atoms with E-state index in [4.69, 9.17) is 21.7 Å². The molecule has 0 heterocycles. The summed E-state index contributed by atoms with van der Waals surface area (Å²) in [5, 5.41) is 13.4. The Morgan fingerprint density at radius 3 is 2.00 bits per heavy atom. The van der Waals surface area contributed by atoms with Crippen molar-refractivity contribution in [3.8, 4) is 11.5 Å². The molecule has 1 amide bonds. The number of ether oxygens (including phenoxy) is 1. The first-order valence-electron chi connectivity index (χ1n) is 11.3. The number of allylic oxidation sites excluding steroid dienone is 1. The van der Waals surface area contributed by atoms with E-state index in [1.165, 1.54) is 24.3 Å². The van der Waals surface area contributed by atoms with E-state index in [1.54, 1.807) is 60.7 Å². The summed E-state index contributed by atoms with van der Waals surface area (Å²) in [6, 6.07) is 28.5. The van der Waals surface area contributed by atoms with Crippen LogP contribution in [0.5, 0.6) is 11.5 Å². The third kappa shape index (κ3) is 6.80. The van der Waals surface area contributed by atoms with Gasteiger partial charge in [-0.1, -0.05) is 66.2 Å². The van der Waals surface area contributed by atoms with Crippen LogP contribution in [0.4, 0.5) is 24.5 Å². The molecule has 9 heteroatoms. The summed E-state index contributed by atoms with van der Waals surface area (Å²) in [5.74, 6) is 0.616. The van der Waals surface area contributed by atoms with Gasteiger partial charge in [0.05, 0.1) is 16.4 Å². The lowest BCUT2D eigenvalue weighted by Crippen LogP contribution is -2.20. The number of para-hydroxylation sites is 4. The van der Waals surface area contributed by atoms with E-state index in [0.29, 0.717) is 39.5 Å². The number of carbonyl (C=O) groups excluding carboxylic acids is 1. The number of amides is 1. The second-order valence-corrected chi connectivity index (χ2v) is 8.42. The number of halogens is 4. The normalized spacial score (nSPS) is 11.5. The number of rotatable bonds is 8. The standard InChI is InChI=1S/C29H21ClF3N3O2/c30-22-10-4-5-11-23(22)35-25(18-27(34)29(31,32)33)19-14-16-20(17-15-19)28(37)36-24-12-6-7-13-26(24)38-21-8-2-1-3-9-21/h1-18,34-35H,(H,36,37)/b25-18-,34-27?. The molecule has 4 rings (SSSR count). The Bertz CT molecular complexity index is 1470. The number of carbonyl (C=O) groups is 1. The Morgan fingerprint density at radius 2 is 1.34 bits per heavy atom. The van der Waals surface area contributed by atoms with Crippen molar-refractivity contribution in [1.82, 2.24) is 0 Å². The van der Waals surface area contributed by atoms with Gasteiger partial charge >= 0.3 is 6.18 Å². The maximum atomic E-state index is 13.1. The summed E-state index contributed by atoms with van der Waals surface area (Å²) >= 11 is 6.16. The van der Waals surface area contributed by atoms with E-state index >= 15 is 0 Å². The van der Waals surface area contributed by atoms with Gasteiger partial charge in [-0.05, 0) is 60.2 Å². The van der Waals surface area contributed by atoms with E-state index in [9.17, 15) is 18.0 Å². The molecular formula is C29H21ClF3N3O2. The van der Waals surface area contributed by atoms with Crippen LogP contribution >= 0.6 is 11.6 Å². The Balaban J connectivity index is 1.56. The molecule has 0 spiro atoms. The van der Waals surface area contributed by atoms with Gasteiger partial charge in [0.25, 0.3) is 5.91 Å². The molecule has 0 aliphatic carbocycles. The minimum Gasteiger partial charge on any atom is -0.455 e.